The minimum Gasteiger partial charge on any atom is -0.478 e. The second-order valence-corrected chi connectivity index (χ2v) is 4.21. The van der Waals surface area contributed by atoms with Gasteiger partial charge in [0.05, 0.1) is 23.4 Å². The van der Waals surface area contributed by atoms with Gasteiger partial charge in [-0.2, -0.15) is 0 Å². The zero-order valence-corrected chi connectivity index (χ0v) is 10.6. The Bertz CT molecular complexity index is 562. The number of aliphatic hydroxyl groups excluding tert-OH is 1. The van der Waals surface area contributed by atoms with Crippen LogP contribution in [0.4, 0.5) is 5.69 Å². The summed E-state index contributed by atoms with van der Waals surface area (Å²) in [5, 5.41) is 18.3. The van der Waals surface area contributed by atoms with E-state index in [0.29, 0.717) is 11.3 Å². The summed E-state index contributed by atoms with van der Waals surface area (Å²) in [5.74, 6) is -1.43. The van der Waals surface area contributed by atoms with Gasteiger partial charge in [-0.05, 0) is 12.5 Å². The standard InChI is InChI=1S/C14H15NO4/c1-2-9(14(18)19)12-10-5-3-4-6-11(10)15(7-8-16)13(12)17/h3-6,16H,2,7-8H2,1H3,(H,18,19). The highest BCUT2D eigenvalue weighted by molar-refractivity contribution is 6.35. The lowest BCUT2D eigenvalue weighted by Gasteiger charge is -2.15. The van der Waals surface area contributed by atoms with Gasteiger partial charge in [-0.15, -0.1) is 0 Å². The molecule has 0 saturated carbocycles. The number of benzene rings is 1. The SMILES string of the molecule is CCC(C(=O)O)=C1C(=O)N(CCO)c2ccccc21. The molecule has 0 aromatic heterocycles. The van der Waals surface area contributed by atoms with E-state index in [9.17, 15) is 14.7 Å². The molecular weight excluding hydrogens is 246 g/mol. The molecule has 5 nitrogen and oxygen atoms in total. The first-order valence-corrected chi connectivity index (χ1v) is 6.10. The van der Waals surface area contributed by atoms with E-state index in [0.717, 1.165) is 0 Å². The summed E-state index contributed by atoms with van der Waals surface area (Å²) < 4.78 is 0. The van der Waals surface area contributed by atoms with Crippen molar-refractivity contribution < 1.29 is 19.8 Å². The van der Waals surface area contributed by atoms with E-state index in [1.165, 1.54) is 4.90 Å². The predicted molar refractivity (Wildman–Crippen MR) is 70.7 cm³/mol. The molecule has 100 valence electrons. The highest BCUT2D eigenvalue weighted by Crippen LogP contribution is 2.38. The molecule has 19 heavy (non-hydrogen) atoms. The number of carboxylic acids is 1. The number of hydrogen-bond acceptors (Lipinski definition) is 3. The number of aliphatic hydroxyl groups is 1. The van der Waals surface area contributed by atoms with Crippen LogP contribution in [0, 0.1) is 0 Å². The quantitative estimate of drug-likeness (QED) is 0.800. The molecule has 0 unspecified atom stereocenters. The zero-order valence-electron chi connectivity index (χ0n) is 10.6. The van der Waals surface area contributed by atoms with Crippen molar-refractivity contribution >= 4 is 23.1 Å². The largest absolute Gasteiger partial charge is 0.478 e. The summed E-state index contributed by atoms with van der Waals surface area (Å²) in [5.41, 5.74) is 1.63. The molecule has 0 saturated heterocycles. The maximum absolute atomic E-state index is 12.4. The van der Waals surface area contributed by atoms with Gasteiger partial charge >= 0.3 is 5.97 Å². The topological polar surface area (TPSA) is 77.8 Å². The highest BCUT2D eigenvalue weighted by atomic mass is 16.4. The van der Waals surface area contributed by atoms with E-state index in [4.69, 9.17) is 5.11 Å². The van der Waals surface area contributed by atoms with Crippen LogP contribution in [0.5, 0.6) is 0 Å². The third-order valence-electron chi connectivity index (χ3n) is 3.16. The molecule has 0 fully saturated rings. The van der Waals surface area contributed by atoms with E-state index in [1.54, 1.807) is 31.2 Å². The molecule has 5 heteroatoms. The number of hydrogen-bond donors (Lipinski definition) is 2. The Balaban J connectivity index is 2.65. The average Bonchev–Trinajstić information content (AvgIpc) is 2.66. The summed E-state index contributed by atoms with van der Waals surface area (Å²) in [6.07, 6.45) is 0.276. The van der Waals surface area contributed by atoms with Crippen LogP contribution in [-0.2, 0) is 9.59 Å². The number of carbonyl (C=O) groups is 2. The van der Waals surface area contributed by atoms with E-state index < -0.39 is 5.97 Å². The number of anilines is 1. The Morgan fingerprint density at radius 2 is 2.00 bits per heavy atom. The van der Waals surface area contributed by atoms with Crippen molar-refractivity contribution in [2.45, 2.75) is 13.3 Å². The summed E-state index contributed by atoms with van der Waals surface area (Å²) >= 11 is 0. The molecule has 2 N–H and O–H groups in total. The van der Waals surface area contributed by atoms with Gasteiger partial charge in [0, 0.05) is 12.1 Å². The van der Waals surface area contributed by atoms with Crippen LogP contribution in [-0.4, -0.2) is 35.2 Å². The van der Waals surface area contributed by atoms with Crippen molar-refractivity contribution in [2.24, 2.45) is 0 Å². The lowest BCUT2D eigenvalue weighted by molar-refractivity contribution is -0.133. The van der Waals surface area contributed by atoms with E-state index >= 15 is 0 Å². The number of rotatable bonds is 4. The number of carbonyl (C=O) groups excluding carboxylic acids is 1. The summed E-state index contributed by atoms with van der Waals surface area (Å²) in [7, 11) is 0. The van der Waals surface area contributed by atoms with E-state index in [-0.39, 0.29) is 36.6 Å². The second-order valence-electron chi connectivity index (χ2n) is 4.21. The van der Waals surface area contributed by atoms with Gasteiger partial charge in [0.1, 0.15) is 0 Å². The normalized spacial score (nSPS) is 16.5. The molecule has 1 aromatic rings. The fraction of sp³-hybridized carbons (Fsp3) is 0.286. The van der Waals surface area contributed by atoms with Gasteiger partial charge in [0.25, 0.3) is 5.91 Å². The van der Waals surface area contributed by atoms with Gasteiger partial charge in [-0.3, -0.25) is 4.79 Å². The fourth-order valence-corrected chi connectivity index (χ4v) is 2.33. The monoisotopic (exact) mass is 261 g/mol. The molecule has 1 heterocycles. The van der Waals surface area contributed by atoms with Gasteiger partial charge in [0.15, 0.2) is 0 Å². The molecule has 0 atom stereocenters. The van der Waals surface area contributed by atoms with Crippen molar-refractivity contribution in [3.05, 3.63) is 35.4 Å². The van der Waals surface area contributed by atoms with Crippen molar-refractivity contribution in [3.8, 4) is 0 Å². The first kappa shape index (κ1) is 13.3. The second kappa shape index (κ2) is 5.24. The Hall–Kier alpha value is -2.14. The van der Waals surface area contributed by atoms with Crippen LogP contribution in [0.25, 0.3) is 5.57 Å². The van der Waals surface area contributed by atoms with Crippen LogP contribution in [0.3, 0.4) is 0 Å². The summed E-state index contributed by atoms with van der Waals surface area (Å²) in [6.45, 7) is 1.71. The third-order valence-corrected chi connectivity index (χ3v) is 3.16. The maximum atomic E-state index is 12.4. The van der Waals surface area contributed by atoms with Gasteiger partial charge in [-0.25, -0.2) is 4.79 Å². The van der Waals surface area contributed by atoms with Crippen molar-refractivity contribution in [1.82, 2.24) is 0 Å². The summed E-state index contributed by atoms with van der Waals surface area (Å²) in [6, 6.07) is 7.04. The molecule has 1 amide bonds. The number of carboxylic acid groups (broad SMARTS) is 1. The smallest absolute Gasteiger partial charge is 0.332 e. The van der Waals surface area contributed by atoms with Gasteiger partial charge < -0.3 is 15.1 Å². The number of fused-ring (bicyclic) bond motifs is 1. The average molecular weight is 261 g/mol. The van der Waals surface area contributed by atoms with Crippen LogP contribution in [0.1, 0.15) is 18.9 Å². The predicted octanol–water partition coefficient (Wildman–Crippen LogP) is 1.27. The number of para-hydroxylation sites is 1. The van der Waals surface area contributed by atoms with Crippen molar-refractivity contribution in [1.29, 1.82) is 0 Å². The van der Waals surface area contributed by atoms with Gasteiger partial charge in [-0.1, -0.05) is 25.1 Å². The Kier molecular flexibility index (Phi) is 3.66. The van der Waals surface area contributed by atoms with Crippen LogP contribution in [0.2, 0.25) is 0 Å². The molecule has 1 aliphatic rings. The van der Waals surface area contributed by atoms with Crippen molar-refractivity contribution in [3.63, 3.8) is 0 Å². The zero-order chi connectivity index (χ0) is 14.0. The Morgan fingerprint density at radius 3 is 2.58 bits per heavy atom. The third kappa shape index (κ3) is 2.13. The first-order valence-electron chi connectivity index (χ1n) is 6.10. The van der Waals surface area contributed by atoms with Crippen LogP contribution in [0.15, 0.2) is 29.8 Å². The fourth-order valence-electron chi connectivity index (χ4n) is 2.33. The van der Waals surface area contributed by atoms with E-state index in [1.807, 2.05) is 0 Å². The summed E-state index contributed by atoms with van der Waals surface area (Å²) in [4.78, 5) is 25.0. The lowest BCUT2D eigenvalue weighted by Crippen LogP contribution is -2.30. The minimum absolute atomic E-state index is 0.109. The van der Waals surface area contributed by atoms with E-state index in [2.05, 4.69) is 0 Å². The molecule has 1 aromatic carbocycles. The maximum Gasteiger partial charge on any atom is 0.332 e. The minimum atomic E-state index is -1.08. The molecule has 0 bridgehead atoms. The number of aliphatic carboxylic acids is 1. The number of nitrogens with zero attached hydrogens (tertiary/aromatic N) is 1. The molecule has 0 radical (unpaired) electrons. The molecule has 0 spiro atoms. The van der Waals surface area contributed by atoms with Gasteiger partial charge in [0.2, 0.25) is 0 Å². The Labute approximate surface area is 110 Å². The Morgan fingerprint density at radius 1 is 1.32 bits per heavy atom. The molecular formula is C14H15NO4. The van der Waals surface area contributed by atoms with Crippen molar-refractivity contribution in [2.75, 3.05) is 18.1 Å². The lowest BCUT2D eigenvalue weighted by atomic mass is 9.99. The van der Waals surface area contributed by atoms with Crippen LogP contribution < -0.4 is 4.90 Å². The first-order chi connectivity index (χ1) is 9.11. The molecule has 1 aliphatic heterocycles. The van der Waals surface area contributed by atoms with Crippen LogP contribution >= 0.6 is 0 Å². The molecule has 0 aliphatic carbocycles. The molecule has 2 rings (SSSR count). The number of amides is 1. The number of β-amino-alcohol motifs (C(OH)–C–C–N with tert-alkyl or cyclic N) is 1. The highest BCUT2D eigenvalue weighted by Gasteiger charge is 2.34.